The highest BCUT2D eigenvalue weighted by Gasteiger charge is 2.65. The molecule has 0 N–H and O–H groups in total. The Hall–Kier alpha value is -0.240. The van der Waals surface area contributed by atoms with E-state index in [1.807, 2.05) is 0 Å². The molecule has 2 nitrogen and oxygen atoms in total. The van der Waals surface area contributed by atoms with Gasteiger partial charge in [0.05, 0.1) is 0 Å². The average molecular weight is 225 g/mol. The summed E-state index contributed by atoms with van der Waals surface area (Å²) in [5.41, 5.74) is -4.42. The molecule has 0 aromatic rings. The van der Waals surface area contributed by atoms with Gasteiger partial charge < -0.3 is 4.55 Å². The average Bonchev–Trinajstić information content (AvgIpc) is 1.84. The molecule has 0 aliphatic heterocycles. The van der Waals surface area contributed by atoms with Crippen molar-refractivity contribution in [1.29, 1.82) is 0 Å². The molecule has 13 heavy (non-hydrogen) atoms. The Bertz CT molecular complexity index is 221. The minimum absolute atomic E-state index is 0.117. The molecule has 0 fully saturated rings. The summed E-state index contributed by atoms with van der Waals surface area (Å²) < 4.78 is 81.5. The van der Waals surface area contributed by atoms with E-state index in [9.17, 15) is 30.7 Å². The standard InChI is InChI=1S/C5H7F5O2S/c1-3(6,4(2,7)8)5(9,10)13(11)12/h1-2H3,(H,11,12)/p-1. The first-order valence-electron chi connectivity index (χ1n) is 2.98. The first kappa shape index (κ1) is 12.8. The van der Waals surface area contributed by atoms with Crippen LogP contribution in [0.2, 0.25) is 0 Å². The monoisotopic (exact) mass is 225 g/mol. The maximum Gasteiger partial charge on any atom is 0.348 e. The van der Waals surface area contributed by atoms with Crippen molar-refractivity contribution in [1.82, 2.24) is 0 Å². The van der Waals surface area contributed by atoms with E-state index in [4.69, 9.17) is 0 Å². The molecule has 8 heteroatoms. The minimum Gasteiger partial charge on any atom is -0.768 e. The fraction of sp³-hybridized carbons (Fsp3) is 1.00. The summed E-state index contributed by atoms with van der Waals surface area (Å²) in [7, 11) is 0. The van der Waals surface area contributed by atoms with E-state index in [1.165, 1.54) is 0 Å². The van der Waals surface area contributed by atoms with Crippen LogP contribution in [0.25, 0.3) is 0 Å². The summed E-state index contributed by atoms with van der Waals surface area (Å²) in [6.07, 6.45) is 0. The number of halogens is 5. The first-order valence-corrected chi connectivity index (χ1v) is 4.06. The van der Waals surface area contributed by atoms with Crippen molar-refractivity contribution in [2.75, 3.05) is 0 Å². The van der Waals surface area contributed by atoms with Gasteiger partial charge in [-0.1, -0.05) is 0 Å². The molecule has 0 aromatic heterocycles. The normalized spacial score (nSPS) is 20.9. The second kappa shape index (κ2) is 3.16. The van der Waals surface area contributed by atoms with Gasteiger partial charge in [0, 0.05) is 18.0 Å². The van der Waals surface area contributed by atoms with Crippen LogP contribution in [0, 0.1) is 0 Å². The molecule has 2 atom stereocenters. The number of alkyl halides is 5. The van der Waals surface area contributed by atoms with Crippen LogP contribution in [0.4, 0.5) is 22.0 Å². The molecule has 0 amide bonds. The Morgan fingerprint density at radius 3 is 1.46 bits per heavy atom. The third-order valence-electron chi connectivity index (χ3n) is 1.58. The highest BCUT2D eigenvalue weighted by Crippen LogP contribution is 2.44. The van der Waals surface area contributed by atoms with Crippen LogP contribution in [0.5, 0.6) is 0 Å². The number of rotatable bonds is 3. The number of hydrogen-bond acceptors (Lipinski definition) is 2. The Morgan fingerprint density at radius 1 is 1.08 bits per heavy atom. The minimum atomic E-state index is -5.12. The molecule has 0 aliphatic carbocycles. The van der Waals surface area contributed by atoms with Gasteiger partial charge in [-0.3, -0.25) is 4.21 Å². The van der Waals surface area contributed by atoms with Crippen LogP contribution in [0.3, 0.4) is 0 Å². The summed E-state index contributed by atoms with van der Waals surface area (Å²) in [5, 5.41) is -5.12. The quantitative estimate of drug-likeness (QED) is 0.543. The summed E-state index contributed by atoms with van der Waals surface area (Å²) >= 11 is -4.23. The molecular weight excluding hydrogens is 219 g/mol. The van der Waals surface area contributed by atoms with Crippen molar-refractivity contribution < 1.29 is 30.7 Å². The van der Waals surface area contributed by atoms with E-state index < -0.39 is 27.9 Å². The molecule has 2 unspecified atom stereocenters. The van der Waals surface area contributed by atoms with Crippen LogP contribution in [0.15, 0.2) is 0 Å². The van der Waals surface area contributed by atoms with Crippen molar-refractivity contribution in [2.24, 2.45) is 0 Å². The zero-order chi connectivity index (χ0) is 11.1. The van der Waals surface area contributed by atoms with Crippen LogP contribution in [-0.4, -0.2) is 25.6 Å². The SMILES string of the molecule is CC(F)(F)C(C)(F)C(F)(F)S(=O)[O-]. The largest absolute Gasteiger partial charge is 0.768 e. The van der Waals surface area contributed by atoms with Crippen LogP contribution in [-0.2, 0) is 11.1 Å². The topological polar surface area (TPSA) is 40.1 Å². The Labute approximate surface area is 73.4 Å². The Morgan fingerprint density at radius 2 is 1.38 bits per heavy atom. The third-order valence-corrected chi connectivity index (χ3v) is 2.38. The zero-order valence-corrected chi connectivity index (χ0v) is 7.43. The fourth-order valence-electron chi connectivity index (χ4n) is 0.412. The molecule has 0 bridgehead atoms. The highest BCUT2D eigenvalue weighted by atomic mass is 32.2. The molecule has 0 heterocycles. The molecule has 0 saturated heterocycles. The molecule has 0 rings (SSSR count). The number of hydrogen-bond donors (Lipinski definition) is 0. The van der Waals surface area contributed by atoms with Gasteiger partial charge in [-0.2, -0.15) is 8.78 Å². The molecule has 0 spiro atoms. The smallest absolute Gasteiger partial charge is 0.348 e. The predicted molar refractivity (Wildman–Crippen MR) is 34.0 cm³/mol. The van der Waals surface area contributed by atoms with E-state index in [2.05, 4.69) is 0 Å². The van der Waals surface area contributed by atoms with E-state index >= 15 is 0 Å². The summed E-state index contributed by atoms with van der Waals surface area (Å²) in [6, 6.07) is 0. The van der Waals surface area contributed by atoms with Gasteiger partial charge in [0.1, 0.15) is 0 Å². The van der Waals surface area contributed by atoms with Crippen molar-refractivity contribution >= 4 is 11.1 Å². The first-order chi connectivity index (χ1) is 5.44. The van der Waals surface area contributed by atoms with Crippen molar-refractivity contribution in [2.45, 2.75) is 30.7 Å². The molecular formula is C5H6F5O2S-. The van der Waals surface area contributed by atoms with Crippen molar-refractivity contribution in [3.05, 3.63) is 0 Å². The van der Waals surface area contributed by atoms with Gasteiger partial charge in [-0.15, -0.1) is 0 Å². The van der Waals surface area contributed by atoms with Gasteiger partial charge in [0.25, 0.3) is 5.92 Å². The summed E-state index contributed by atoms with van der Waals surface area (Å²) in [5.74, 6) is -4.45. The highest BCUT2D eigenvalue weighted by molar-refractivity contribution is 7.80. The fourth-order valence-corrected chi connectivity index (χ4v) is 0.904. The molecule has 0 radical (unpaired) electrons. The third kappa shape index (κ3) is 1.98. The van der Waals surface area contributed by atoms with Crippen LogP contribution < -0.4 is 0 Å². The summed E-state index contributed by atoms with van der Waals surface area (Å²) in [4.78, 5) is 0. The van der Waals surface area contributed by atoms with E-state index in [0.717, 1.165) is 0 Å². The van der Waals surface area contributed by atoms with Crippen LogP contribution in [0.1, 0.15) is 13.8 Å². The maximum atomic E-state index is 12.7. The van der Waals surface area contributed by atoms with E-state index in [-0.39, 0.29) is 13.8 Å². The predicted octanol–water partition coefficient (Wildman–Crippen LogP) is 1.84. The van der Waals surface area contributed by atoms with Gasteiger partial charge in [0.2, 0.25) is 5.67 Å². The zero-order valence-electron chi connectivity index (χ0n) is 6.61. The summed E-state index contributed by atoms with van der Waals surface area (Å²) in [6.45, 7) is -0.281. The lowest BCUT2D eigenvalue weighted by Crippen LogP contribution is -2.55. The Kier molecular flexibility index (Phi) is 3.10. The maximum absolute atomic E-state index is 12.7. The van der Waals surface area contributed by atoms with Gasteiger partial charge in [-0.05, 0) is 6.92 Å². The second-order valence-electron chi connectivity index (χ2n) is 2.64. The Balaban J connectivity index is 5.16. The molecule has 0 saturated carbocycles. The lowest BCUT2D eigenvalue weighted by molar-refractivity contribution is -0.195. The van der Waals surface area contributed by atoms with Crippen molar-refractivity contribution in [3.63, 3.8) is 0 Å². The molecule has 0 aliphatic rings. The van der Waals surface area contributed by atoms with Gasteiger partial charge in [0.15, 0.2) is 0 Å². The lowest BCUT2D eigenvalue weighted by Gasteiger charge is -2.35. The molecule has 0 aromatic carbocycles. The lowest BCUT2D eigenvalue weighted by atomic mass is 10.0. The van der Waals surface area contributed by atoms with Crippen molar-refractivity contribution in [3.8, 4) is 0 Å². The molecule has 80 valence electrons. The van der Waals surface area contributed by atoms with E-state index in [0.29, 0.717) is 0 Å². The van der Waals surface area contributed by atoms with Crippen LogP contribution >= 0.6 is 0 Å². The van der Waals surface area contributed by atoms with Gasteiger partial charge >= 0.3 is 5.25 Å². The second-order valence-corrected chi connectivity index (χ2v) is 3.62. The van der Waals surface area contributed by atoms with Gasteiger partial charge in [-0.25, -0.2) is 13.2 Å². The van der Waals surface area contributed by atoms with E-state index in [1.54, 1.807) is 0 Å².